The molecule has 1 spiro atoms. The molecule has 1 aliphatic heterocycles. The molecule has 4 rings (SSSR count). The molecular weight excluding hydrogens is 332 g/mol. The number of hydrogen-bond donors (Lipinski definition) is 2. The van der Waals surface area contributed by atoms with E-state index in [1.807, 2.05) is 0 Å². The molecular formula is C18H24N6S. The Kier molecular flexibility index (Phi) is 4.11. The van der Waals surface area contributed by atoms with E-state index >= 15 is 0 Å². The van der Waals surface area contributed by atoms with Crippen LogP contribution in [0.5, 0.6) is 0 Å². The minimum atomic E-state index is -0.390. The van der Waals surface area contributed by atoms with Crippen molar-refractivity contribution in [2.45, 2.75) is 57.5 Å². The van der Waals surface area contributed by atoms with E-state index in [1.165, 1.54) is 16.1 Å². The Morgan fingerprint density at radius 2 is 2.00 bits per heavy atom. The summed E-state index contributed by atoms with van der Waals surface area (Å²) in [5.74, 6) is 0.729. The molecule has 2 aliphatic rings. The van der Waals surface area contributed by atoms with E-state index in [0.29, 0.717) is 11.9 Å². The fraction of sp³-hybridized carbons (Fsp3) is 0.500. The number of aliphatic imine (C=N–C) groups is 2. The van der Waals surface area contributed by atoms with Crippen LogP contribution in [0, 0.1) is 0 Å². The SMILES string of the molecule is CCCc1nc2ccc(N3C(N)=NC(N)=NC34CCCCC4)cc2s1. The van der Waals surface area contributed by atoms with Crippen LogP contribution in [0.25, 0.3) is 10.2 Å². The van der Waals surface area contributed by atoms with Crippen LogP contribution in [0.15, 0.2) is 28.2 Å². The van der Waals surface area contributed by atoms with Crippen molar-refractivity contribution in [1.82, 2.24) is 4.98 Å². The molecule has 1 saturated carbocycles. The van der Waals surface area contributed by atoms with Crippen LogP contribution >= 0.6 is 11.3 Å². The second-order valence-corrected chi connectivity index (χ2v) is 7.94. The van der Waals surface area contributed by atoms with Gasteiger partial charge in [0.15, 0.2) is 0 Å². The molecule has 0 bridgehead atoms. The number of hydrogen-bond acceptors (Lipinski definition) is 7. The third-order valence-electron chi connectivity index (χ3n) is 4.99. The molecule has 1 fully saturated rings. The number of aryl methyl sites for hydroxylation is 1. The van der Waals surface area contributed by atoms with Crippen molar-refractivity contribution in [3.63, 3.8) is 0 Å². The van der Waals surface area contributed by atoms with Gasteiger partial charge in [0.1, 0.15) is 5.66 Å². The van der Waals surface area contributed by atoms with Gasteiger partial charge >= 0.3 is 0 Å². The first-order valence-electron chi connectivity index (χ1n) is 9.00. The molecule has 1 aromatic heterocycles. The molecule has 0 unspecified atom stereocenters. The minimum Gasteiger partial charge on any atom is -0.369 e. The fourth-order valence-electron chi connectivity index (χ4n) is 3.92. The Hall–Kier alpha value is -2.15. The summed E-state index contributed by atoms with van der Waals surface area (Å²) >= 11 is 1.76. The van der Waals surface area contributed by atoms with Crippen LogP contribution < -0.4 is 16.4 Å². The normalized spacial score (nSPS) is 20.0. The average molecular weight is 356 g/mol. The molecule has 132 valence electrons. The number of anilines is 1. The topological polar surface area (TPSA) is 92.9 Å². The van der Waals surface area contributed by atoms with Crippen molar-refractivity contribution in [3.8, 4) is 0 Å². The van der Waals surface area contributed by atoms with Gasteiger partial charge in [-0.2, -0.15) is 4.99 Å². The molecule has 7 heteroatoms. The maximum atomic E-state index is 6.31. The molecule has 0 amide bonds. The van der Waals surface area contributed by atoms with Crippen LogP contribution in [-0.2, 0) is 6.42 Å². The molecule has 0 saturated heterocycles. The molecule has 6 nitrogen and oxygen atoms in total. The highest BCUT2D eigenvalue weighted by Gasteiger charge is 2.42. The number of nitrogens with zero attached hydrogens (tertiary/aromatic N) is 4. The van der Waals surface area contributed by atoms with Gasteiger partial charge in [-0.1, -0.05) is 13.3 Å². The third-order valence-corrected chi connectivity index (χ3v) is 6.07. The van der Waals surface area contributed by atoms with E-state index in [2.05, 4.69) is 35.0 Å². The number of thiazole rings is 1. The van der Waals surface area contributed by atoms with Crippen molar-refractivity contribution >= 4 is 39.2 Å². The largest absolute Gasteiger partial charge is 0.369 e. The summed E-state index contributed by atoms with van der Waals surface area (Å²) < 4.78 is 1.18. The Morgan fingerprint density at radius 3 is 2.76 bits per heavy atom. The third kappa shape index (κ3) is 2.86. The molecule has 0 radical (unpaired) electrons. The fourth-order valence-corrected chi connectivity index (χ4v) is 5.02. The summed E-state index contributed by atoms with van der Waals surface area (Å²) in [6, 6.07) is 6.32. The summed E-state index contributed by atoms with van der Waals surface area (Å²) in [5.41, 5.74) is 13.9. The van der Waals surface area contributed by atoms with Crippen LogP contribution in [0.2, 0.25) is 0 Å². The summed E-state index contributed by atoms with van der Waals surface area (Å²) in [4.78, 5) is 15.8. The monoisotopic (exact) mass is 356 g/mol. The molecule has 25 heavy (non-hydrogen) atoms. The quantitative estimate of drug-likeness (QED) is 0.882. The van der Waals surface area contributed by atoms with E-state index in [-0.39, 0.29) is 0 Å². The highest BCUT2D eigenvalue weighted by atomic mass is 32.1. The standard InChI is InChI=1S/C18H24N6S/c1-2-6-15-21-13-8-7-12(11-14(13)25-15)24-17(20)22-16(19)23-18(24)9-4-3-5-10-18/h7-8,11H,2-6,9-10H2,1H3,(H4,19,20,22,23). The highest BCUT2D eigenvalue weighted by molar-refractivity contribution is 7.18. The molecule has 2 aromatic rings. The molecule has 0 atom stereocenters. The first kappa shape index (κ1) is 16.3. The van der Waals surface area contributed by atoms with Crippen molar-refractivity contribution in [1.29, 1.82) is 0 Å². The predicted molar refractivity (Wildman–Crippen MR) is 105 cm³/mol. The minimum absolute atomic E-state index is 0.291. The summed E-state index contributed by atoms with van der Waals surface area (Å²) in [6.07, 6.45) is 7.52. The van der Waals surface area contributed by atoms with Gasteiger partial charge in [-0.25, -0.2) is 9.98 Å². The smallest absolute Gasteiger partial charge is 0.220 e. The lowest BCUT2D eigenvalue weighted by Crippen LogP contribution is -2.58. The number of guanidine groups is 2. The van der Waals surface area contributed by atoms with E-state index < -0.39 is 5.66 Å². The van der Waals surface area contributed by atoms with Crippen molar-refractivity contribution in [2.24, 2.45) is 21.5 Å². The molecule has 4 N–H and O–H groups in total. The van der Waals surface area contributed by atoms with E-state index in [4.69, 9.17) is 21.4 Å². The Morgan fingerprint density at radius 1 is 1.20 bits per heavy atom. The van der Waals surface area contributed by atoms with Gasteiger partial charge in [0, 0.05) is 5.69 Å². The lowest BCUT2D eigenvalue weighted by molar-refractivity contribution is 0.305. The van der Waals surface area contributed by atoms with Crippen LogP contribution in [0.4, 0.5) is 5.69 Å². The highest BCUT2D eigenvalue weighted by Crippen LogP contribution is 2.40. The van der Waals surface area contributed by atoms with Gasteiger partial charge in [0.25, 0.3) is 0 Å². The van der Waals surface area contributed by atoms with Crippen LogP contribution in [-0.4, -0.2) is 22.6 Å². The Labute approximate surface area is 151 Å². The van der Waals surface area contributed by atoms with Crippen molar-refractivity contribution in [2.75, 3.05) is 4.90 Å². The first-order valence-corrected chi connectivity index (χ1v) is 9.82. The summed E-state index contributed by atoms with van der Waals surface area (Å²) in [7, 11) is 0. The average Bonchev–Trinajstić information content (AvgIpc) is 2.97. The maximum Gasteiger partial charge on any atom is 0.220 e. The van der Waals surface area contributed by atoms with Gasteiger partial charge in [-0.05, 0) is 56.7 Å². The second-order valence-electron chi connectivity index (χ2n) is 6.83. The lowest BCUT2D eigenvalue weighted by Gasteiger charge is -2.45. The zero-order chi connectivity index (χ0) is 17.4. The first-order chi connectivity index (χ1) is 12.1. The van der Waals surface area contributed by atoms with E-state index in [9.17, 15) is 0 Å². The Bertz CT molecular complexity index is 846. The number of benzene rings is 1. The molecule has 1 aliphatic carbocycles. The van der Waals surface area contributed by atoms with E-state index in [1.54, 1.807) is 11.3 Å². The zero-order valence-corrected chi connectivity index (χ0v) is 15.4. The van der Waals surface area contributed by atoms with Gasteiger partial charge in [-0.15, -0.1) is 11.3 Å². The van der Waals surface area contributed by atoms with Gasteiger partial charge < -0.3 is 11.5 Å². The number of aromatic nitrogens is 1. The lowest BCUT2D eigenvalue weighted by atomic mass is 9.87. The van der Waals surface area contributed by atoms with E-state index in [0.717, 1.165) is 49.7 Å². The second kappa shape index (κ2) is 6.29. The van der Waals surface area contributed by atoms with Gasteiger partial charge in [0.05, 0.1) is 15.2 Å². The number of fused-ring (bicyclic) bond motifs is 1. The number of nitrogens with two attached hydrogens (primary N) is 2. The van der Waals surface area contributed by atoms with Gasteiger partial charge in [-0.3, -0.25) is 4.90 Å². The Balaban J connectivity index is 1.77. The maximum absolute atomic E-state index is 6.31. The van der Waals surface area contributed by atoms with Crippen LogP contribution in [0.3, 0.4) is 0 Å². The van der Waals surface area contributed by atoms with Crippen LogP contribution in [0.1, 0.15) is 50.5 Å². The summed E-state index contributed by atoms with van der Waals surface area (Å²) in [6.45, 7) is 2.18. The molecule has 2 heterocycles. The predicted octanol–water partition coefficient (Wildman–Crippen LogP) is 3.36. The number of rotatable bonds is 3. The van der Waals surface area contributed by atoms with Crippen molar-refractivity contribution in [3.05, 3.63) is 23.2 Å². The van der Waals surface area contributed by atoms with Gasteiger partial charge in [0.2, 0.25) is 11.9 Å². The summed E-state index contributed by atoms with van der Waals surface area (Å²) in [5, 5.41) is 1.18. The van der Waals surface area contributed by atoms with Crippen molar-refractivity contribution < 1.29 is 0 Å². The molecule has 1 aromatic carbocycles. The zero-order valence-electron chi connectivity index (χ0n) is 14.5.